The number of benzene rings is 6. The highest BCUT2D eigenvalue weighted by Crippen LogP contribution is 2.19. The molecule has 8 amide bonds. The van der Waals surface area contributed by atoms with Crippen LogP contribution in [0.25, 0.3) is 0 Å². The number of likely N-dealkylation sites (N-methyl/N-ethyl adjacent to an activating group) is 2. The minimum absolute atomic E-state index is 0. The van der Waals surface area contributed by atoms with E-state index in [0.29, 0.717) is 52.0 Å². The van der Waals surface area contributed by atoms with Crippen LogP contribution in [0.4, 0.5) is 81.7 Å². The molecule has 5 saturated heterocycles. The summed E-state index contributed by atoms with van der Waals surface area (Å²) in [4.78, 5) is 50.5. The Kier molecular flexibility index (Phi) is 63.4. The monoisotopic (exact) mass is 1680 g/mol. The van der Waals surface area contributed by atoms with Crippen molar-refractivity contribution in [2.45, 2.75) is 109 Å². The summed E-state index contributed by atoms with van der Waals surface area (Å²) in [5.74, 6) is 0. The second kappa shape index (κ2) is 70.2. The Bertz CT molecular complexity index is 3410. The summed E-state index contributed by atoms with van der Waals surface area (Å²) in [5, 5.41) is 63.6. The Hall–Kier alpha value is -9.56. The molecule has 1 saturated carbocycles. The number of nitrogens with zero attached hydrogens (tertiary/aromatic N) is 2. The fourth-order valence-electron chi connectivity index (χ4n) is 11.9. The zero-order valence-electron chi connectivity index (χ0n) is 72.3. The number of hydrogen-bond acceptors (Lipinski definition) is 25. The lowest BCUT2D eigenvalue weighted by Crippen LogP contribution is -2.48. The number of rotatable bonds is 22. The number of piperidine rings is 2. The van der Waals surface area contributed by atoms with Gasteiger partial charge in [-0.15, -0.1) is 0 Å². The van der Waals surface area contributed by atoms with Gasteiger partial charge in [0.2, 0.25) is 0 Å². The average Bonchev–Trinajstić information content (AvgIpc) is 0.996. The summed E-state index contributed by atoms with van der Waals surface area (Å²) in [5.41, 5.74) is 38.5. The maximum atomic E-state index is 11.9. The van der Waals surface area contributed by atoms with Gasteiger partial charge in [-0.05, 0) is 258 Å². The summed E-state index contributed by atoms with van der Waals surface area (Å²) < 4.78 is 5.14. The van der Waals surface area contributed by atoms with E-state index in [0.717, 1.165) is 152 Å². The van der Waals surface area contributed by atoms with Crippen LogP contribution >= 0.6 is 0 Å². The maximum Gasteiger partial charge on any atom is 0.321 e. The molecule has 6 aromatic rings. The second-order valence-electron chi connectivity index (χ2n) is 28.3. The van der Waals surface area contributed by atoms with Gasteiger partial charge in [0.05, 0.1) is 13.2 Å². The fourth-order valence-corrected chi connectivity index (χ4v) is 11.9. The first-order valence-electron chi connectivity index (χ1n) is 41.7. The number of nitrogens with one attached hydrogen (secondary N) is 21. The molecule has 1 aliphatic carbocycles. The van der Waals surface area contributed by atoms with Gasteiger partial charge >= 0.3 is 24.1 Å². The lowest BCUT2D eigenvalue weighted by Gasteiger charge is -2.27. The number of anilines is 11. The maximum absolute atomic E-state index is 11.9. The Balaban J connectivity index is 0.000000677. The third-order valence-corrected chi connectivity index (χ3v) is 19.4. The Morgan fingerprint density at radius 3 is 1.05 bits per heavy atom. The number of nitrogen functional groups attached to an aromatic ring is 1. The van der Waals surface area contributed by atoms with E-state index in [1.165, 1.54) is 83.2 Å². The molecule has 1 atom stereocenters. The van der Waals surface area contributed by atoms with Gasteiger partial charge in [-0.1, -0.05) is 27.0 Å². The molecule has 6 fully saturated rings. The normalized spacial score (nSPS) is 16.4. The molecule has 33 heteroatoms. The standard InChI is InChI=1S/C13H20N4O.C12H20N4O2.C12H18N4O.C10H16N4O.C8H12N2.C7H16N2.C7H10N2.C6H14N2.2C5H12N2.2CH4/c1-14-10-2-4-11(5-3-10)16-13(18)17-12-6-8-15-9-7-12;1-14-10-2-4-11(5-3-10)16-12(17)15-7-9-18-8-6-13;1-13-10-2-4-11(5-3-10)15-12(17)16-8-6-14-7-9-16;1-12-8-2-4-9(5-3-8)14-10(15)13-7-6-11;1-10-8-4-2-7(6-9)3-5-8;2*1-9-7-4-2-6(8)3-5-7;1-7-6-2-4-8-5-3-6;1-7-4-2-6-3-5-7;1-6-5-2-3-7-4-5;;/h2-5,12,14-15H,6-9H2,1H3,(H2,16,17,18);2-5,14H,6-9,13H2,1H3,(H2,15,16,17);2-5,13-14H,6-9H2,1H3,(H,15,17);2-5,12H,6-7,11H2,1H3,(H2,13,14,15);2-5,10H,6,9H2,1H3;6-7,9H,2-5,8H2,1H3;2-5,9H,8H2,1H3;6-8H,2-5H2,1H3;6H,2-5H2,1H3;5-7H,2-4H2,1H3;2*1H4/t;;;;;;;;;5-;;/m.........0../s1. The molecular formula is C87H158N28O5. The highest BCUT2D eigenvalue weighted by Gasteiger charge is 2.19. The van der Waals surface area contributed by atoms with Crippen molar-refractivity contribution in [2.75, 3.05) is 260 Å². The van der Waals surface area contributed by atoms with Crippen LogP contribution < -0.4 is 140 Å². The van der Waals surface area contributed by atoms with Gasteiger partial charge in [0.25, 0.3) is 0 Å². The molecule has 33 nitrogen and oxygen atoms in total. The van der Waals surface area contributed by atoms with Gasteiger partial charge in [0.15, 0.2) is 0 Å². The molecule has 120 heavy (non-hydrogen) atoms. The summed E-state index contributed by atoms with van der Waals surface area (Å²) >= 11 is 0. The van der Waals surface area contributed by atoms with Gasteiger partial charge in [-0.2, -0.15) is 0 Å². The highest BCUT2D eigenvalue weighted by molar-refractivity contribution is 5.91. The molecule has 0 aromatic heterocycles. The number of carbonyl (C=O) groups excluding carboxylic acids is 4. The summed E-state index contributed by atoms with van der Waals surface area (Å²) in [6.45, 7) is 18.1. The first-order valence-corrected chi connectivity index (χ1v) is 41.7. The quantitative estimate of drug-likeness (QED) is 0.0229. The molecule has 6 aromatic carbocycles. The summed E-state index contributed by atoms with van der Waals surface area (Å²) in [6.07, 6.45) is 10.8. The van der Waals surface area contributed by atoms with E-state index >= 15 is 0 Å². The van der Waals surface area contributed by atoms with Crippen LogP contribution in [-0.4, -0.2) is 266 Å². The van der Waals surface area contributed by atoms with Gasteiger partial charge < -0.3 is 155 Å². The number of amides is 8. The molecule has 676 valence electrons. The van der Waals surface area contributed by atoms with Crippen molar-refractivity contribution >= 4 is 86.7 Å². The van der Waals surface area contributed by atoms with Crippen LogP contribution in [0.15, 0.2) is 146 Å². The first kappa shape index (κ1) is 108. The number of hydrogen-bond donors (Lipinski definition) is 26. The van der Waals surface area contributed by atoms with E-state index in [9.17, 15) is 19.2 Å². The van der Waals surface area contributed by atoms with Crippen molar-refractivity contribution in [3.8, 4) is 0 Å². The largest absolute Gasteiger partial charge is 0.399 e. The molecule has 5 aliphatic heterocycles. The predicted molar refractivity (Wildman–Crippen MR) is 511 cm³/mol. The van der Waals surface area contributed by atoms with E-state index < -0.39 is 0 Å². The van der Waals surface area contributed by atoms with Crippen molar-refractivity contribution in [1.82, 2.24) is 68.3 Å². The summed E-state index contributed by atoms with van der Waals surface area (Å²) in [6, 6.07) is 48.2. The number of piperazine rings is 2. The Labute approximate surface area is 719 Å². The molecular weight excluding hydrogens is 1520 g/mol. The van der Waals surface area contributed by atoms with E-state index in [4.69, 9.17) is 33.4 Å². The van der Waals surface area contributed by atoms with Gasteiger partial charge in [0, 0.05) is 227 Å². The molecule has 12 rings (SSSR count). The van der Waals surface area contributed by atoms with Crippen molar-refractivity contribution in [1.29, 1.82) is 0 Å². The van der Waals surface area contributed by atoms with Crippen LogP contribution in [0.2, 0.25) is 0 Å². The fraction of sp³-hybridized carbons (Fsp3) is 0.540. The molecule has 0 radical (unpaired) electrons. The molecule has 0 spiro atoms. The van der Waals surface area contributed by atoms with E-state index in [-0.39, 0.29) is 45.0 Å². The van der Waals surface area contributed by atoms with Gasteiger partial charge in [-0.3, -0.25) is 0 Å². The smallest absolute Gasteiger partial charge is 0.321 e. The van der Waals surface area contributed by atoms with E-state index in [2.05, 4.69) is 124 Å². The van der Waals surface area contributed by atoms with Crippen LogP contribution in [-0.2, 0) is 11.3 Å². The number of nitrogens with two attached hydrogens (primary N) is 5. The van der Waals surface area contributed by atoms with Crippen LogP contribution in [0.3, 0.4) is 0 Å². The first-order chi connectivity index (χ1) is 57.4. The van der Waals surface area contributed by atoms with Crippen molar-refractivity contribution in [3.63, 3.8) is 0 Å². The minimum Gasteiger partial charge on any atom is -0.399 e. The molecule has 31 N–H and O–H groups in total. The number of urea groups is 4. The SMILES string of the molecule is C.C.CN1CCNCC1.CNC1CCC(N)CC1.CNC1CCNCC1.CN[C@H]1CCNC1.CNc1ccc(CN)cc1.CNc1ccc(N)cc1.CNc1ccc(NC(=O)N2CCNCC2)cc1.CNc1ccc(NC(=O)NC2CCNCC2)cc1.CNc1ccc(NC(=O)NCCN)cc1.CNc1ccc(NC(=O)NCCOCCN)cc1. The Morgan fingerprint density at radius 2 is 0.708 bits per heavy atom. The number of ether oxygens (including phenoxy) is 1. The van der Waals surface area contributed by atoms with E-state index in [1.54, 1.807) is 0 Å². The minimum atomic E-state index is -0.247. The third-order valence-electron chi connectivity index (χ3n) is 19.4. The zero-order chi connectivity index (χ0) is 86.0. The molecule has 0 unspecified atom stereocenters. The van der Waals surface area contributed by atoms with Gasteiger partial charge in [-0.25, -0.2) is 19.2 Å². The molecule has 5 heterocycles. The molecule has 0 bridgehead atoms. The second-order valence-corrected chi connectivity index (χ2v) is 28.3. The molecule has 6 aliphatic rings. The highest BCUT2D eigenvalue weighted by atomic mass is 16.5. The number of carbonyl (C=O) groups is 4. The van der Waals surface area contributed by atoms with E-state index in [1.807, 2.05) is 214 Å². The predicted octanol–water partition coefficient (Wildman–Crippen LogP) is 7.69. The summed E-state index contributed by atoms with van der Waals surface area (Å²) in [7, 11) is 19.4. The van der Waals surface area contributed by atoms with Crippen LogP contribution in [0.5, 0.6) is 0 Å². The third kappa shape index (κ3) is 52.5. The topological polar surface area (TPSA) is 467 Å². The Morgan fingerprint density at radius 1 is 0.375 bits per heavy atom. The van der Waals surface area contributed by atoms with Crippen molar-refractivity contribution in [2.24, 2.45) is 22.9 Å². The van der Waals surface area contributed by atoms with Crippen molar-refractivity contribution < 1.29 is 23.9 Å². The average molecular weight is 1680 g/mol. The lowest BCUT2D eigenvalue weighted by atomic mass is 9.92. The van der Waals surface area contributed by atoms with Crippen LogP contribution in [0, 0.1) is 0 Å². The van der Waals surface area contributed by atoms with Crippen LogP contribution in [0.1, 0.15) is 78.2 Å². The van der Waals surface area contributed by atoms with Gasteiger partial charge in [0.1, 0.15) is 0 Å². The lowest BCUT2D eigenvalue weighted by molar-refractivity contribution is 0.144. The zero-order valence-corrected chi connectivity index (χ0v) is 72.3. The van der Waals surface area contributed by atoms with Crippen molar-refractivity contribution in [3.05, 3.63) is 151 Å².